The molecule has 1 fully saturated rings. The second-order valence-corrected chi connectivity index (χ2v) is 5.71. The SMILES string of the molecule is Cc1cc(-c2ncnc(N3CCN(C)CC3)c2N)ccc1F. The molecule has 0 amide bonds. The minimum Gasteiger partial charge on any atom is -0.394 e. The van der Waals surface area contributed by atoms with Gasteiger partial charge in [0, 0.05) is 31.7 Å². The van der Waals surface area contributed by atoms with Crippen LogP contribution in [-0.4, -0.2) is 48.1 Å². The first kappa shape index (κ1) is 14.7. The third-order valence-electron chi connectivity index (χ3n) is 4.10. The average molecular weight is 301 g/mol. The molecule has 1 aromatic carbocycles. The molecule has 2 N–H and O–H groups in total. The first-order valence-electron chi connectivity index (χ1n) is 7.37. The number of rotatable bonds is 2. The van der Waals surface area contributed by atoms with Crippen molar-refractivity contribution >= 4 is 11.5 Å². The van der Waals surface area contributed by atoms with Crippen LogP contribution < -0.4 is 10.6 Å². The van der Waals surface area contributed by atoms with Crippen molar-refractivity contribution in [2.24, 2.45) is 0 Å². The van der Waals surface area contributed by atoms with E-state index in [0.29, 0.717) is 16.9 Å². The van der Waals surface area contributed by atoms with E-state index in [1.807, 2.05) is 0 Å². The first-order chi connectivity index (χ1) is 10.6. The van der Waals surface area contributed by atoms with E-state index < -0.39 is 0 Å². The molecule has 1 aromatic heterocycles. The summed E-state index contributed by atoms with van der Waals surface area (Å²) >= 11 is 0. The highest BCUT2D eigenvalue weighted by Gasteiger charge is 2.20. The van der Waals surface area contributed by atoms with Gasteiger partial charge in [0.25, 0.3) is 0 Å². The van der Waals surface area contributed by atoms with Crippen LogP contribution in [0.25, 0.3) is 11.3 Å². The predicted octanol–water partition coefficient (Wildman–Crippen LogP) is 1.93. The van der Waals surface area contributed by atoms with Crippen LogP contribution in [0.5, 0.6) is 0 Å². The van der Waals surface area contributed by atoms with E-state index in [4.69, 9.17) is 5.73 Å². The first-order valence-corrected chi connectivity index (χ1v) is 7.37. The van der Waals surface area contributed by atoms with Crippen LogP contribution in [0.1, 0.15) is 5.56 Å². The lowest BCUT2D eigenvalue weighted by molar-refractivity contribution is 0.312. The van der Waals surface area contributed by atoms with Crippen molar-refractivity contribution in [2.45, 2.75) is 6.92 Å². The second-order valence-electron chi connectivity index (χ2n) is 5.71. The molecule has 0 atom stereocenters. The summed E-state index contributed by atoms with van der Waals surface area (Å²) in [6.07, 6.45) is 1.53. The third kappa shape index (κ3) is 2.74. The molecular weight excluding hydrogens is 281 g/mol. The van der Waals surface area contributed by atoms with Gasteiger partial charge in [-0.2, -0.15) is 0 Å². The topological polar surface area (TPSA) is 58.3 Å². The van der Waals surface area contributed by atoms with Crippen molar-refractivity contribution in [1.29, 1.82) is 0 Å². The Kier molecular flexibility index (Phi) is 3.94. The zero-order valence-corrected chi connectivity index (χ0v) is 12.9. The van der Waals surface area contributed by atoms with Gasteiger partial charge in [-0.15, -0.1) is 0 Å². The van der Waals surface area contributed by atoms with Gasteiger partial charge in [0.1, 0.15) is 17.8 Å². The lowest BCUT2D eigenvalue weighted by Gasteiger charge is -2.33. The van der Waals surface area contributed by atoms with Crippen molar-refractivity contribution < 1.29 is 4.39 Å². The molecule has 0 saturated carbocycles. The standard InChI is InChI=1S/C16H20FN5/c1-11-9-12(3-4-13(11)17)15-14(18)16(20-10-19-15)22-7-5-21(2)6-8-22/h3-4,9-10H,5-8,18H2,1-2H3. The van der Waals surface area contributed by atoms with E-state index >= 15 is 0 Å². The lowest BCUT2D eigenvalue weighted by Crippen LogP contribution is -2.45. The average Bonchev–Trinajstić information content (AvgIpc) is 2.51. The van der Waals surface area contributed by atoms with Gasteiger partial charge >= 0.3 is 0 Å². The molecule has 2 aromatic rings. The normalized spacial score (nSPS) is 16.0. The largest absolute Gasteiger partial charge is 0.394 e. The number of piperazine rings is 1. The highest BCUT2D eigenvalue weighted by molar-refractivity contribution is 5.81. The Morgan fingerprint density at radius 1 is 1.14 bits per heavy atom. The summed E-state index contributed by atoms with van der Waals surface area (Å²) in [5, 5.41) is 0. The summed E-state index contributed by atoms with van der Waals surface area (Å²) in [5.74, 6) is 0.538. The summed E-state index contributed by atoms with van der Waals surface area (Å²) in [5.41, 5.74) is 8.90. The monoisotopic (exact) mass is 301 g/mol. The van der Waals surface area contributed by atoms with Gasteiger partial charge < -0.3 is 15.5 Å². The molecule has 6 heteroatoms. The Labute approximate surface area is 129 Å². The summed E-state index contributed by atoms with van der Waals surface area (Å²) in [6, 6.07) is 4.91. The van der Waals surface area contributed by atoms with Crippen molar-refractivity contribution in [2.75, 3.05) is 43.9 Å². The van der Waals surface area contributed by atoms with Gasteiger partial charge in [-0.1, -0.05) is 0 Å². The Morgan fingerprint density at radius 3 is 2.55 bits per heavy atom. The molecule has 0 radical (unpaired) electrons. The zero-order chi connectivity index (χ0) is 15.7. The van der Waals surface area contributed by atoms with E-state index in [9.17, 15) is 4.39 Å². The molecular formula is C16H20FN5. The number of nitrogens with zero attached hydrogens (tertiary/aromatic N) is 4. The number of benzene rings is 1. The van der Waals surface area contributed by atoms with Gasteiger partial charge in [0.05, 0.1) is 5.69 Å². The van der Waals surface area contributed by atoms with Crippen molar-refractivity contribution in [3.8, 4) is 11.3 Å². The molecule has 116 valence electrons. The number of hydrogen-bond acceptors (Lipinski definition) is 5. The maximum Gasteiger partial charge on any atom is 0.155 e. The molecule has 1 aliphatic rings. The van der Waals surface area contributed by atoms with Crippen LogP contribution in [0.15, 0.2) is 24.5 Å². The van der Waals surface area contributed by atoms with Crippen molar-refractivity contribution in [3.63, 3.8) is 0 Å². The number of hydrogen-bond donors (Lipinski definition) is 1. The fraction of sp³-hybridized carbons (Fsp3) is 0.375. The summed E-state index contributed by atoms with van der Waals surface area (Å²) < 4.78 is 13.4. The van der Waals surface area contributed by atoms with E-state index in [2.05, 4.69) is 26.8 Å². The fourth-order valence-electron chi connectivity index (χ4n) is 2.68. The fourth-order valence-corrected chi connectivity index (χ4v) is 2.68. The number of anilines is 2. The van der Waals surface area contributed by atoms with Crippen LogP contribution in [-0.2, 0) is 0 Å². The molecule has 0 bridgehead atoms. The summed E-state index contributed by atoms with van der Waals surface area (Å²) in [4.78, 5) is 13.1. The third-order valence-corrected chi connectivity index (χ3v) is 4.10. The molecule has 0 aliphatic carbocycles. The number of nitrogen functional groups attached to an aromatic ring is 1. The van der Waals surface area contributed by atoms with Gasteiger partial charge in [-0.05, 0) is 37.7 Å². The summed E-state index contributed by atoms with van der Waals surface area (Å²) in [6.45, 7) is 5.47. The molecule has 0 unspecified atom stereocenters. The molecule has 0 spiro atoms. The van der Waals surface area contributed by atoms with E-state index in [-0.39, 0.29) is 5.82 Å². The van der Waals surface area contributed by atoms with E-state index in [1.54, 1.807) is 19.1 Å². The highest BCUT2D eigenvalue weighted by Crippen LogP contribution is 2.31. The maximum atomic E-state index is 13.4. The number of nitrogens with two attached hydrogens (primary N) is 1. The van der Waals surface area contributed by atoms with Gasteiger partial charge in [0.2, 0.25) is 0 Å². The molecule has 1 aliphatic heterocycles. The summed E-state index contributed by atoms with van der Waals surface area (Å²) in [7, 11) is 2.10. The van der Waals surface area contributed by atoms with Gasteiger partial charge in [-0.25, -0.2) is 14.4 Å². The van der Waals surface area contributed by atoms with Crippen LogP contribution in [0.4, 0.5) is 15.9 Å². The molecule has 5 nitrogen and oxygen atoms in total. The quantitative estimate of drug-likeness (QED) is 0.918. The maximum absolute atomic E-state index is 13.4. The molecule has 3 rings (SSSR count). The number of aryl methyl sites for hydroxylation is 1. The predicted molar refractivity (Wildman–Crippen MR) is 86.3 cm³/mol. The van der Waals surface area contributed by atoms with Crippen LogP contribution >= 0.6 is 0 Å². The molecule has 2 heterocycles. The van der Waals surface area contributed by atoms with E-state index in [0.717, 1.165) is 37.6 Å². The number of likely N-dealkylation sites (N-methyl/N-ethyl adjacent to an activating group) is 1. The molecule has 1 saturated heterocycles. The minimum atomic E-state index is -0.226. The van der Waals surface area contributed by atoms with Crippen LogP contribution in [0.3, 0.4) is 0 Å². The Morgan fingerprint density at radius 2 is 1.86 bits per heavy atom. The Hall–Kier alpha value is -2.21. The van der Waals surface area contributed by atoms with Gasteiger partial charge in [-0.3, -0.25) is 0 Å². The van der Waals surface area contributed by atoms with Gasteiger partial charge in [0.15, 0.2) is 5.82 Å². The van der Waals surface area contributed by atoms with Crippen molar-refractivity contribution in [1.82, 2.24) is 14.9 Å². The van der Waals surface area contributed by atoms with Crippen LogP contribution in [0, 0.1) is 12.7 Å². The number of halogens is 1. The second kappa shape index (κ2) is 5.88. The Bertz CT molecular complexity index is 680. The van der Waals surface area contributed by atoms with E-state index in [1.165, 1.54) is 12.4 Å². The minimum absolute atomic E-state index is 0.226. The Balaban J connectivity index is 1.96. The zero-order valence-electron chi connectivity index (χ0n) is 12.9. The lowest BCUT2D eigenvalue weighted by atomic mass is 10.1. The van der Waals surface area contributed by atoms with Crippen molar-refractivity contribution in [3.05, 3.63) is 35.9 Å². The highest BCUT2D eigenvalue weighted by atomic mass is 19.1. The number of aromatic nitrogens is 2. The smallest absolute Gasteiger partial charge is 0.155 e. The molecule has 22 heavy (non-hydrogen) atoms. The van der Waals surface area contributed by atoms with Crippen LogP contribution in [0.2, 0.25) is 0 Å².